The Kier molecular flexibility index (Phi) is 6.08. The zero-order chi connectivity index (χ0) is 21.1. The topological polar surface area (TPSA) is 64.4 Å². The molecule has 156 valence electrons. The maximum absolute atomic E-state index is 13.6. The van der Waals surface area contributed by atoms with Gasteiger partial charge in [-0.15, -0.1) is 11.8 Å². The first-order chi connectivity index (χ1) is 14.5. The molecule has 2 heterocycles. The fraction of sp³-hybridized carbons (Fsp3) is 0.304. The van der Waals surface area contributed by atoms with Crippen molar-refractivity contribution in [2.24, 2.45) is 0 Å². The standard InChI is InChI=1S/C23H23FN2O3S/c1-14-20(15(2)29-26-14)13-28-18-6-3-16(4-7-18)11-23(27)25-21-9-10-30-22-8-5-17(24)12-19(21)22/h3-8,12,21H,9-11,13H2,1-2H3,(H,25,27)/t21-/m0/s1. The molecule has 0 saturated carbocycles. The number of rotatable bonds is 6. The summed E-state index contributed by atoms with van der Waals surface area (Å²) in [6, 6.07) is 12.1. The van der Waals surface area contributed by atoms with E-state index >= 15 is 0 Å². The summed E-state index contributed by atoms with van der Waals surface area (Å²) in [7, 11) is 0. The summed E-state index contributed by atoms with van der Waals surface area (Å²) in [5.74, 6) is 2.02. The van der Waals surface area contributed by atoms with Crippen molar-refractivity contribution >= 4 is 17.7 Å². The van der Waals surface area contributed by atoms with E-state index in [4.69, 9.17) is 9.26 Å². The molecule has 1 N–H and O–H groups in total. The van der Waals surface area contributed by atoms with E-state index in [0.717, 1.165) is 45.2 Å². The number of benzene rings is 2. The number of aryl methyl sites for hydroxylation is 2. The number of amides is 1. The van der Waals surface area contributed by atoms with E-state index in [1.54, 1.807) is 17.8 Å². The molecule has 0 fully saturated rings. The molecule has 2 aromatic carbocycles. The highest BCUT2D eigenvalue weighted by Gasteiger charge is 2.23. The zero-order valence-electron chi connectivity index (χ0n) is 16.9. The Labute approximate surface area is 179 Å². The lowest BCUT2D eigenvalue weighted by atomic mass is 10.0. The first kappa shape index (κ1) is 20.5. The van der Waals surface area contributed by atoms with Crippen molar-refractivity contribution in [2.75, 3.05) is 5.75 Å². The normalized spacial score (nSPS) is 15.5. The molecule has 0 saturated heterocycles. The minimum absolute atomic E-state index is 0.0773. The molecule has 1 aliphatic heterocycles. The second-order valence-electron chi connectivity index (χ2n) is 7.35. The van der Waals surface area contributed by atoms with Crippen LogP contribution in [0.4, 0.5) is 4.39 Å². The Bertz CT molecular complexity index is 1030. The number of halogens is 1. The zero-order valence-corrected chi connectivity index (χ0v) is 17.7. The van der Waals surface area contributed by atoms with Crippen LogP contribution in [0.15, 0.2) is 51.9 Å². The van der Waals surface area contributed by atoms with Crippen molar-refractivity contribution in [3.05, 3.63) is 76.4 Å². The maximum atomic E-state index is 13.6. The summed E-state index contributed by atoms with van der Waals surface area (Å²) in [5.41, 5.74) is 3.52. The van der Waals surface area contributed by atoms with E-state index in [1.165, 1.54) is 12.1 Å². The summed E-state index contributed by atoms with van der Waals surface area (Å²) in [4.78, 5) is 13.6. The second kappa shape index (κ2) is 8.92. The van der Waals surface area contributed by atoms with Crippen LogP contribution >= 0.6 is 11.8 Å². The lowest BCUT2D eigenvalue weighted by Crippen LogP contribution is -2.31. The van der Waals surface area contributed by atoms with Gasteiger partial charge in [0.15, 0.2) is 0 Å². The van der Waals surface area contributed by atoms with Gasteiger partial charge in [0, 0.05) is 10.6 Å². The van der Waals surface area contributed by atoms with Crippen molar-refractivity contribution < 1.29 is 18.4 Å². The van der Waals surface area contributed by atoms with Crippen LogP contribution in [0.2, 0.25) is 0 Å². The number of thioether (sulfide) groups is 1. The average Bonchev–Trinajstić information content (AvgIpc) is 3.05. The fourth-order valence-corrected chi connectivity index (χ4v) is 4.62. The summed E-state index contributed by atoms with van der Waals surface area (Å²) in [5, 5.41) is 6.97. The maximum Gasteiger partial charge on any atom is 0.224 e. The van der Waals surface area contributed by atoms with Crippen LogP contribution in [-0.4, -0.2) is 16.8 Å². The lowest BCUT2D eigenvalue weighted by Gasteiger charge is -2.26. The van der Waals surface area contributed by atoms with Gasteiger partial charge in [-0.25, -0.2) is 4.39 Å². The van der Waals surface area contributed by atoms with Crippen LogP contribution in [0.3, 0.4) is 0 Å². The third-order valence-electron chi connectivity index (χ3n) is 5.20. The third kappa shape index (κ3) is 4.67. The van der Waals surface area contributed by atoms with Crippen LogP contribution in [0, 0.1) is 19.7 Å². The largest absolute Gasteiger partial charge is 0.489 e. The Hall–Kier alpha value is -2.80. The summed E-state index contributed by atoms with van der Waals surface area (Å²) in [6.45, 7) is 4.13. The van der Waals surface area contributed by atoms with Gasteiger partial charge in [-0.1, -0.05) is 17.3 Å². The Morgan fingerprint density at radius 3 is 2.80 bits per heavy atom. The molecule has 0 radical (unpaired) electrons. The SMILES string of the molecule is Cc1noc(C)c1COc1ccc(CC(=O)N[C@H]2CCSc3ccc(F)cc32)cc1. The highest BCUT2D eigenvalue weighted by Crippen LogP contribution is 2.36. The van der Waals surface area contributed by atoms with Crippen LogP contribution in [-0.2, 0) is 17.8 Å². The molecule has 30 heavy (non-hydrogen) atoms. The Balaban J connectivity index is 1.34. The van der Waals surface area contributed by atoms with Crippen molar-refractivity contribution in [1.82, 2.24) is 10.5 Å². The molecule has 0 unspecified atom stereocenters. The van der Waals surface area contributed by atoms with Gasteiger partial charge in [-0.2, -0.15) is 0 Å². The van der Waals surface area contributed by atoms with E-state index in [1.807, 2.05) is 38.1 Å². The van der Waals surface area contributed by atoms with Gasteiger partial charge in [0.25, 0.3) is 0 Å². The number of ether oxygens (including phenoxy) is 1. The molecule has 7 heteroatoms. The first-order valence-corrected chi connectivity index (χ1v) is 10.8. The number of nitrogens with zero attached hydrogens (tertiary/aromatic N) is 1. The first-order valence-electron chi connectivity index (χ1n) is 9.84. The van der Waals surface area contributed by atoms with Crippen LogP contribution in [0.25, 0.3) is 0 Å². The molecule has 1 aromatic heterocycles. The van der Waals surface area contributed by atoms with Gasteiger partial charge < -0.3 is 14.6 Å². The van der Waals surface area contributed by atoms with Crippen LogP contribution < -0.4 is 10.1 Å². The van der Waals surface area contributed by atoms with Crippen molar-refractivity contribution in [3.63, 3.8) is 0 Å². The van der Waals surface area contributed by atoms with E-state index in [2.05, 4.69) is 10.5 Å². The quantitative estimate of drug-likeness (QED) is 0.607. The summed E-state index contributed by atoms with van der Waals surface area (Å²) in [6.07, 6.45) is 1.06. The fourth-order valence-electron chi connectivity index (χ4n) is 3.51. The number of hydrogen-bond donors (Lipinski definition) is 1. The lowest BCUT2D eigenvalue weighted by molar-refractivity contribution is -0.121. The molecule has 0 spiro atoms. The molecule has 0 aliphatic carbocycles. The van der Waals surface area contributed by atoms with Crippen LogP contribution in [0.5, 0.6) is 5.75 Å². The minimum Gasteiger partial charge on any atom is -0.489 e. The van der Waals surface area contributed by atoms with Crippen molar-refractivity contribution in [1.29, 1.82) is 0 Å². The van der Waals surface area contributed by atoms with E-state index in [0.29, 0.717) is 12.4 Å². The minimum atomic E-state index is -0.275. The number of hydrogen-bond acceptors (Lipinski definition) is 5. The van der Waals surface area contributed by atoms with E-state index < -0.39 is 0 Å². The molecule has 3 aromatic rings. The monoisotopic (exact) mass is 426 g/mol. The molecule has 4 rings (SSSR count). The van der Waals surface area contributed by atoms with Gasteiger partial charge in [-0.3, -0.25) is 4.79 Å². The molecule has 1 aliphatic rings. The summed E-state index contributed by atoms with van der Waals surface area (Å²) >= 11 is 1.70. The highest BCUT2D eigenvalue weighted by molar-refractivity contribution is 7.99. The molecule has 5 nitrogen and oxygen atoms in total. The number of fused-ring (bicyclic) bond motifs is 1. The van der Waals surface area contributed by atoms with Crippen molar-refractivity contribution in [2.45, 2.75) is 44.2 Å². The van der Waals surface area contributed by atoms with Gasteiger partial charge in [0.05, 0.1) is 23.7 Å². The molecule has 1 atom stereocenters. The molecular weight excluding hydrogens is 403 g/mol. The molecular formula is C23H23FN2O3S. The van der Waals surface area contributed by atoms with Gasteiger partial charge in [-0.05, 0) is 61.7 Å². The predicted octanol–water partition coefficient (Wildman–Crippen LogP) is 4.91. The predicted molar refractivity (Wildman–Crippen MR) is 113 cm³/mol. The summed E-state index contributed by atoms with van der Waals surface area (Å²) < 4.78 is 24.6. The van der Waals surface area contributed by atoms with Gasteiger partial charge >= 0.3 is 0 Å². The third-order valence-corrected chi connectivity index (χ3v) is 6.32. The smallest absolute Gasteiger partial charge is 0.224 e. The second-order valence-corrected chi connectivity index (χ2v) is 8.49. The Morgan fingerprint density at radius 2 is 2.07 bits per heavy atom. The number of aromatic nitrogens is 1. The highest BCUT2D eigenvalue weighted by atomic mass is 32.2. The van der Waals surface area contributed by atoms with E-state index in [9.17, 15) is 9.18 Å². The number of nitrogens with one attached hydrogen (secondary N) is 1. The van der Waals surface area contributed by atoms with Gasteiger partial charge in [0.1, 0.15) is 23.9 Å². The average molecular weight is 427 g/mol. The number of carbonyl (C=O) groups is 1. The van der Waals surface area contributed by atoms with Gasteiger partial charge in [0.2, 0.25) is 5.91 Å². The number of carbonyl (C=O) groups excluding carboxylic acids is 1. The molecule has 0 bridgehead atoms. The van der Waals surface area contributed by atoms with E-state index in [-0.39, 0.29) is 24.2 Å². The van der Waals surface area contributed by atoms with Crippen molar-refractivity contribution in [3.8, 4) is 5.75 Å². The van der Waals surface area contributed by atoms with Crippen LogP contribution in [0.1, 0.15) is 40.6 Å². The molecule has 1 amide bonds. The Morgan fingerprint density at radius 1 is 1.27 bits per heavy atom.